The van der Waals surface area contributed by atoms with Gasteiger partial charge in [-0.1, -0.05) is 47.5 Å². The Morgan fingerprint density at radius 2 is 1.75 bits per heavy atom. The van der Waals surface area contributed by atoms with Crippen molar-refractivity contribution in [2.45, 2.75) is 78.8 Å². The van der Waals surface area contributed by atoms with Crippen LogP contribution in [0.3, 0.4) is 0 Å². The van der Waals surface area contributed by atoms with Crippen LogP contribution in [0.2, 0.25) is 0 Å². The van der Waals surface area contributed by atoms with Gasteiger partial charge in [-0.3, -0.25) is 0 Å². The smallest absolute Gasteiger partial charge is 0.0106 e. The topological polar surface area (TPSA) is 12.0 Å². The van der Waals surface area contributed by atoms with E-state index in [0.717, 1.165) is 53.5 Å². The largest absolute Gasteiger partial charge is 0.311 e. The van der Waals surface area contributed by atoms with Gasteiger partial charge in [-0.05, 0) is 60.7 Å². The van der Waals surface area contributed by atoms with Crippen molar-refractivity contribution in [3.05, 3.63) is 0 Å². The minimum absolute atomic E-state index is 0.806. The van der Waals surface area contributed by atoms with Crippen molar-refractivity contribution in [2.24, 2.45) is 41.4 Å². The lowest BCUT2D eigenvalue weighted by Gasteiger charge is -2.54. The molecule has 3 rings (SSSR count). The molecule has 0 aromatic rings. The van der Waals surface area contributed by atoms with Gasteiger partial charge in [0.25, 0.3) is 0 Å². The highest BCUT2D eigenvalue weighted by molar-refractivity contribution is 5.11. The van der Waals surface area contributed by atoms with Gasteiger partial charge in [-0.2, -0.15) is 0 Å². The van der Waals surface area contributed by atoms with Crippen LogP contribution in [0, 0.1) is 41.4 Å². The molecule has 1 saturated heterocycles. The molecule has 1 nitrogen and oxygen atoms in total. The lowest BCUT2D eigenvalue weighted by Crippen LogP contribution is -2.62. The Kier molecular flexibility index (Phi) is 4.19. The summed E-state index contributed by atoms with van der Waals surface area (Å²) in [6.07, 6.45) is 7.25. The Hall–Kier alpha value is -0.0400. The fourth-order valence-electron chi connectivity index (χ4n) is 5.82. The van der Waals surface area contributed by atoms with Gasteiger partial charge in [-0.15, -0.1) is 0 Å². The van der Waals surface area contributed by atoms with Gasteiger partial charge < -0.3 is 5.32 Å². The van der Waals surface area contributed by atoms with Gasteiger partial charge >= 0.3 is 0 Å². The summed E-state index contributed by atoms with van der Waals surface area (Å²) in [5, 5.41) is 4.09. The second-order valence-electron chi connectivity index (χ2n) is 8.45. The van der Waals surface area contributed by atoms with Gasteiger partial charge in [0.1, 0.15) is 0 Å². The van der Waals surface area contributed by atoms with Crippen LogP contribution in [0.25, 0.3) is 0 Å². The molecule has 0 aromatic heterocycles. The van der Waals surface area contributed by atoms with E-state index >= 15 is 0 Å². The number of rotatable bonds is 5. The normalized spacial score (nSPS) is 48.0. The Bertz CT molecular complexity index is 337. The van der Waals surface area contributed by atoms with Crippen molar-refractivity contribution >= 4 is 0 Å². The average Bonchev–Trinajstić information content (AvgIpc) is 2.71. The van der Waals surface area contributed by atoms with Crippen LogP contribution in [-0.2, 0) is 0 Å². The molecule has 0 aromatic carbocycles. The standard InChI is InChI=1S/C19H35N/c1-6-13-9-16-14(7-2)17(8-12(5)11(3)4)20-18-10-15(13)19(16)18/h11-20H,6-10H2,1-5H3/t12-,13?,14+,15-,16?,17+,18-,19-/m0/s1. The molecule has 3 fully saturated rings. The molecule has 1 heterocycles. The quantitative estimate of drug-likeness (QED) is 0.767. The fourth-order valence-corrected chi connectivity index (χ4v) is 5.82. The van der Waals surface area contributed by atoms with E-state index in [9.17, 15) is 0 Å². The maximum absolute atomic E-state index is 4.09. The summed E-state index contributed by atoms with van der Waals surface area (Å²) in [5.74, 6) is 6.88. The maximum Gasteiger partial charge on any atom is 0.0106 e. The zero-order chi connectivity index (χ0) is 14.4. The zero-order valence-electron chi connectivity index (χ0n) is 14.2. The maximum atomic E-state index is 4.09. The van der Waals surface area contributed by atoms with Crippen LogP contribution in [0.15, 0.2) is 0 Å². The lowest BCUT2D eigenvalue weighted by atomic mass is 9.59. The molecule has 0 radical (unpaired) electrons. The molecule has 2 aliphatic carbocycles. The molecule has 3 aliphatic rings. The molecule has 20 heavy (non-hydrogen) atoms. The minimum atomic E-state index is 0.806. The highest BCUT2D eigenvalue weighted by Crippen LogP contribution is 2.60. The first kappa shape index (κ1) is 14.9. The molecule has 1 heteroatoms. The average molecular weight is 277 g/mol. The molecule has 0 bridgehead atoms. The predicted molar refractivity (Wildman–Crippen MR) is 86.6 cm³/mol. The van der Waals surface area contributed by atoms with Crippen molar-refractivity contribution in [2.75, 3.05) is 0 Å². The van der Waals surface area contributed by atoms with Crippen molar-refractivity contribution < 1.29 is 0 Å². The van der Waals surface area contributed by atoms with Gasteiger partial charge in [0.15, 0.2) is 0 Å². The molecule has 116 valence electrons. The first-order valence-electron chi connectivity index (χ1n) is 9.32. The van der Waals surface area contributed by atoms with E-state index < -0.39 is 0 Å². The van der Waals surface area contributed by atoms with Crippen molar-refractivity contribution in [3.8, 4) is 0 Å². The van der Waals surface area contributed by atoms with E-state index in [4.69, 9.17) is 0 Å². The van der Waals surface area contributed by atoms with E-state index in [1.807, 2.05) is 0 Å². The number of hydrogen-bond acceptors (Lipinski definition) is 1. The van der Waals surface area contributed by atoms with Crippen LogP contribution in [0.1, 0.15) is 66.7 Å². The van der Waals surface area contributed by atoms with E-state index in [0.29, 0.717) is 0 Å². The van der Waals surface area contributed by atoms with Gasteiger partial charge in [0, 0.05) is 12.1 Å². The highest BCUT2D eigenvalue weighted by atomic mass is 15.0. The first-order chi connectivity index (χ1) is 9.56. The van der Waals surface area contributed by atoms with Gasteiger partial charge in [0.05, 0.1) is 0 Å². The zero-order valence-corrected chi connectivity index (χ0v) is 14.2. The van der Waals surface area contributed by atoms with Gasteiger partial charge in [0.2, 0.25) is 0 Å². The second-order valence-corrected chi connectivity index (χ2v) is 8.45. The Labute approximate surface area is 126 Å². The number of hydrogen-bond donors (Lipinski definition) is 1. The first-order valence-corrected chi connectivity index (χ1v) is 9.32. The Morgan fingerprint density at radius 1 is 1.00 bits per heavy atom. The molecule has 2 unspecified atom stereocenters. The summed E-state index contributed by atoms with van der Waals surface area (Å²) in [6.45, 7) is 12.1. The van der Waals surface area contributed by atoms with Crippen LogP contribution >= 0.6 is 0 Å². The Balaban J connectivity index is 1.72. The minimum Gasteiger partial charge on any atom is -0.311 e. The third-order valence-electron chi connectivity index (χ3n) is 7.41. The molecule has 1 N–H and O–H groups in total. The van der Waals surface area contributed by atoms with Crippen LogP contribution < -0.4 is 5.32 Å². The SMILES string of the molecule is CCC1CC2[C@H]3[C@H](C[C@@H]13)N[C@H](C[C@H](C)C(C)C)[C@@H]2CC. The molecule has 0 spiro atoms. The summed E-state index contributed by atoms with van der Waals surface area (Å²) >= 11 is 0. The van der Waals surface area contributed by atoms with E-state index in [2.05, 4.69) is 39.9 Å². The molecular weight excluding hydrogens is 242 g/mol. The predicted octanol–water partition coefficient (Wildman–Crippen LogP) is 4.72. The molecule has 1 aliphatic heterocycles. The van der Waals surface area contributed by atoms with Crippen molar-refractivity contribution in [1.29, 1.82) is 0 Å². The van der Waals surface area contributed by atoms with E-state index in [-0.39, 0.29) is 0 Å². The van der Waals surface area contributed by atoms with Crippen LogP contribution in [-0.4, -0.2) is 12.1 Å². The number of piperidine rings is 1. The fraction of sp³-hybridized carbons (Fsp3) is 1.00. The van der Waals surface area contributed by atoms with Crippen LogP contribution in [0.4, 0.5) is 0 Å². The summed E-state index contributed by atoms with van der Waals surface area (Å²) in [7, 11) is 0. The summed E-state index contributed by atoms with van der Waals surface area (Å²) in [5.41, 5.74) is 0. The highest BCUT2D eigenvalue weighted by Gasteiger charge is 2.59. The van der Waals surface area contributed by atoms with Crippen molar-refractivity contribution in [1.82, 2.24) is 5.32 Å². The van der Waals surface area contributed by atoms with E-state index in [1.54, 1.807) is 6.42 Å². The third kappa shape index (κ3) is 2.25. The summed E-state index contributed by atoms with van der Waals surface area (Å²) in [6, 6.07) is 1.69. The van der Waals surface area contributed by atoms with Gasteiger partial charge in [-0.25, -0.2) is 0 Å². The lowest BCUT2D eigenvalue weighted by molar-refractivity contribution is -0.00997. The molecule has 8 atom stereocenters. The van der Waals surface area contributed by atoms with Crippen molar-refractivity contribution in [3.63, 3.8) is 0 Å². The monoisotopic (exact) mass is 277 g/mol. The number of nitrogens with one attached hydrogen (secondary N) is 1. The Morgan fingerprint density at radius 3 is 2.35 bits per heavy atom. The molecule has 2 saturated carbocycles. The molecular formula is C19H35N. The summed E-state index contributed by atoms with van der Waals surface area (Å²) in [4.78, 5) is 0. The molecule has 0 amide bonds. The second kappa shape index (κ2) is 5.63. The van der Waals surface area contributed by atoms with Crippen LogP contribution in [0.5, 0.6) is 0 Å². The summed E-state index contributed by atoms with van der Waals surface area (Å²) < 4.78 is 0. The van der Waals surface area contributed by atoms with E-state index in [1.165, 1.54) is 25.7 Å². The third-order valence-corrected chi connectivity index (χ3v) is 7.41.